The van der Waals surface area contributed by atoms with Gasteiger partial charge in [-0.25, -0.2) is 23.2 Å². The van der Waals surface area contributed by atoms with E-state index >= 15 is 0 Å². The molecule has 0 unspecified atom stereocenters. The monoisotopic (exact) mass is 590 g/mol. The average Bonchev–Trinajstić information content (AvgIpc) is 2.97. The lowest BCUT2D eigenvalue weighted by Crippen LogP contribution is -2.39. The summed E-state index contributed by atoms with van der Waals surface area (Å²) in [6, 6.07) is 14.3. The zero-order valence-corrected chi connectivity index (χ0v) is 24.5. The fourth-order valence-corrected chi connectivity index (χ4v) is 6.62. The fourth-order valence-electron chi connectivity index (χ4n) is 5.38. The molecular weight excluding hydrogens is 556 g/mol. The number of benzene rings is 2. The molecule has 0 aliphatic heterocycles. The van der Waals surface area contributed by atoms with Gasteiger partial charge in [-0.05, 0) is 86.1 Å². The summed E-state index contributed by atoms with van der Waals surface area (Å²) in [5, 5.41) is 15.8. The largest absolute Gasteiger partial charge is 0.480 e. The summed E-state index contributed by atoms with van der Waals surface area (Å²) in [5.74, 6) is 0.986. The van der Waals surface area contributed by atoms with Crippen molar-refractivity contribution in [1.82, 2.24) is 20.3 Å². The number of carboxylic acid groups (broad SMARTS) is 1. The van der Waals surface area contributed by atoms with E-state index in [1.165, 1.54) is 7.11 Å². The van der Waals surface area contributed by atoms with Gasteiger partial charge >= 0.3 is 6.09 Å². The smallest absolute Gasteiger partial charge is 0.404 e. The topological polar surface area (TPSA) is 155 Å². The first-order valence-corrected chi connectivity index (χ1v) is 15.3. The maximum atomic E-state index is 13.0. The van der Waals surface area contributed by atoms with Crippen LogP contribution in [0.15, 0.2) is 59.6 Å². The van der Waals surface area contributed by atoms with Crippen LogP contribution in [0.4, 0.5) is 16.6 Å². The normalized spacial score (nSPS) is 17.0. The first kappa shape index (κ1) is 29.1. The number of methoxy groups -OCH3 is 1. The number of hydrogen-bond donors (Lipinski definition) is 4. The number of ether oxygens (including phenoxy) is 1. The minimum atomic E-state index is -3.83. The lowest BCUT2D eigenvalue weighted by atomic mass is 9.91. The number of amides is 1. The summed E-state index contributed by atoms with van der Waals surface area (Å²) in [5.41, 5.74) is 4.06. The van der Waals surface area contributed by atoms with Gasteiger partial charge in [-0.3, -0.25) is 4.72 Å². The van der Waals surface area contributed by atoms with E-state index in [2.05, 4.69) is 32.2 Å². The van der Waals surface area contributed by atoms with Gasteiger partial charge in [-0.15, -0.1) is 0 Å². The van der Waals surface area contributed by atoms with Crippen LogP contribution in [0.5, 0.6) is 5.88 Å². The van der Waals surface area contributed by atoms with Crippen molar-refractivity contribution in [2.24, 2.45) is 0 Å². The molecule has 1 saturated carbocycles. The molecule has 1 amide bonds. The van der Waals surface area contributed by atoms with E-state index in [0.29, 0.717) is 17.1 Å². The van der Waals surface area contributed by atoms with E-state index in [0.717, 1.165) is 54.1 Å². The zero-order chi connectivity index (χ0) is 29.9. The Labute approximate surface area is 244 Å². The minimum Gasteiger partial charge on any atom is -0.480 e. The molecule has 5 rings (SSSR count). The molecule has 42 heavy (non-hydrogen) atoms. The van der Waals surface area contributed by atoms with Gasteiger partial charge in [-0.1, -0.05) is 25.1 Å². The highest BCUT2D eigenvalue weighted by Gasteiger charge is 2.23. The summed E-state index contributed by atoms with van der Waals surface area (Å²) in [6.45, 7) is 3.80. The number of hydrogen-bond acceptors (Lipinski definition) is 8. The van der Waals surface area contributed by atoms with Gasteiger partial charge in [0.15, 0.2) is 0 Å². The molecule has 0 atom stereocenters. The first-order chi connectivity index (χ1) is 20.2. The molecule has 0 radical (unpaired) electrons. The van der Waals surface area contributed by atoms with Crippen molar-refractivity contribution >= 4 is 38.8 Å². The second-order valence-electron chi connectivity index (χ2n) is 10.4. The number of pyridine rings is 1. The van der Waals surface area contributed by atoms with Crippen molar-refractivity contribution in [1.29, 1.82) is 0 Å². The molecule has 0 bridgehead atoms. The Hall–Kier alpha value is -4.45. The standard InChI is InChI=1S/C30H34N6O5S/c1-4-19-15-20(16-21-17-31-29(35-27(19)21)32-22-9-11-23(12-10-22)33-30(37)38)24-13-14-26(34-28(24)41-3)36-42(39,40)25-8-6-5-7-18(25)2/h5-8,13-17,22-23,33H,4,9-12H2,1-3H3,(H,34,36)(H,37,38)(H,31,32,35)/t22-,23-. The molecule has 4 N–H and O–H groups in total. The molecule has 220 valence electrons. The number of rotatable bonds is 9. The van der Waals surface area contributed by atoms with Gasteiger partial charge in [0.05, 0.1) is 17.5 Å². The van der Waals surface area contributed by atoms with E-state index in [4.69, 9.17) is 14.8 Å². The Morgan fingerprint density at radius 2 is 1.79 bits per heavy atom. The Kier molecular flexibility index (Phi) is 8.44. The molecule has 2 heterocycles. The van der Waals surface area contributed by atoms with E-state index in [9.17, 15) is 13.2 Å². The van der Waals surface area contributed by atoms with Crippen molar-refractivity contribution < 1.29 is 23.1 Å². The summed E-state index contributed by atoms with van der Waals surface area (Å²) in [7, 11) is -2.33. The molecule has 0 saturated heterocycles. The quantitative estimate of drug-likeness (QED) is 0.201. The summed E-state index contributed by atoms with van der Waals surface area (Å²) < 4.78 is 34.1. The highest BCUT2D eigenvalue weighted by atomic mass is 32.2. The lowest BCUT2D eigenvalue weighted by Gasteiger charge is -2.28. The number of anilines is 2. The zero-order valence-electron chi connectivity index (χ0n) is 23.7. The fraction of sp³-hybridized carbons (Fsp3) is 0.333. The Bertz CT molecular complexity index is 1720. The van der Waals surface area contributed by atoms with E-state index < -0.39 is 16.1 Å². The van der Waals surface area contributed by atoms with E-state index in [1.807, 2.05) is 12.1 Å². The predicted octanol–water partition coefficient (Wildman–Crippen LogP) is 5.36. The summed E-state index contributed by atoms with van der Waals surface area (Å²) >= 11 is 0. The number of aromatic nitrogens is 3. The van der Waals surface area contributed by atoms with Gasteiger partial charge in [0.25, 0.3) is 10.0 Å². The van der Waals surface area contributed by atoms with Crippen LogP contribution in [-0.2, 0) is 16.4 Å². The van der Waals surface area contributed by atoms with Crippen molar-refractivity contribution in [3.05, 3.63) is 65.9 Å². The van der Waals surface area contributed by atoms with Gasteiger partial charge in [0, 0.05) is 29.2 Å². The van der Waals surface area contributed by atoms with Gasteiger partial charge in [0.1, 0.15) is 5.82 Å². The molecule has 1 aliphatic rings. The van der Waals surface area contributed by atoms with Crippen molar-refractivity contribution in [3.8, 4) is 17.0 Å². The van der Waals surface area contributed by atoms with Crippen LogP contribution in [0.3, 0.4) is 0 Å². The average molecular weight is 591 g/mol. The van der Waals surface area contributed by atoms with Gasteiger partial charge in [0.2, 0.25) is 11.8 Å². The summed E-state index contributed by atoms with van der Waals surface area (Å²) in [4.78, 5) is 24.9. The number of sulfonamides is 1. The maximum absolute atomic E-state index is 13.0. The molecule has 1 aliphatic carbocycles. The van der Waals surface area contributed by atoms with Crippen LogP contribution < -0.4 is 20.1 Å². The maximum Gasteiger partial charge on any atom is 0.404 e. The molecule has 2 aromatic heterocycles. The lowest BCUT2D eigenvalue weighted by molar-refractivity contribution is 0.185. The van der Waals surface area contributed by atoms with Crippen LogP contribution in [0.1, 0.15) is 43.7 Å². The van der Waals surface area contributed by atoms with E-state index in [-0.39, 0.29) is 28.7 Å². The van der Waals surface area contributed by atoms with Crippen LogP contribution in [0.25, 0.3) is 22.0 Å². The Morgan fingerprint density at radius 1 is 1.05 bits per heavy atom. The highest BCUT2D eigenvalue weighted by Crippen LogP contribution is 2.34. The van der Waals surface area contributed by atoms with Crippen molar-refractivity contribution in [2.45, 2.75) is 62.9 Å². The number of nitrogens with zero attached hydrogens (tertiary/aromatic N) is 3. The third kappa shape index (κ3) is 6.38. The number of nitrogens with one attached hydrogen (secondary N) is 3. The van der Waals surface area contributed by atoms with Crippen LogP contribution in [-0.4, -0.2) is 53.8 Å². The SMILES string of the molecule is CCc1cc(-c2ccc(NS(=O)(=O)c3ccccc3C)nc2OC)cc2cnc(N[C@H]3CC[C@H](NC(=O)O)CC3)nc12. The Balaban J connectivity index is 1.38. The molecule has 2 aromatic carbocycles. The molecule has 12 heteroatoms. The van der Waals surface area contributed by atoms with Crippen LogP contribution >= 0.6 is 0 Å². The molecule has 0 spiro atoms. The number of carbonyl (C=O) groups is 1. The molecule has 11 nitrogen and oxygen atoms in total. The van der Waals surface area contributed by atoms with Gasteiger partial charge in [-0.2, -0.15) is 4.98 Å². The van der Waals surface area contributed by atoms with Crippen molar-refractivity contribution in [3.63, 3.8) is 0 Å². The number of aryl methyl sites for hydroxylation is 2. The number of fused-ring (bicyclic) bond motifs is 1. The van der Waals surface area contributed by atoms with Crippen LogP contribution in [0, 0.1) is 6.92 Å². The first-order valence-electron chi connectivity index (χ1n) is 13.9. The van der Waals surface area contributed by atoms with Gasteiger partial charge < -0.3 is 20.5 Å². The molecule has 4 aromatic rings. The summed E-state index contributed by atoms with van der Waals surface area (Å²) in [6.07, 6.45) is 4.73. The minimum absolute atomic E-state index is 0.0167. The Morgan fingerprint density at radius 3 is 2.48 bits per heavy atom. The third-order valence-electron chi connectivity index (χ3n) is 7.52. The highest BCUT2D eigenvalue weighted by molar-refractivity contribution is 7.92. The predicted molar refractivity (Wildman–Crippen MR) is 162 cm³/mol. The third-order valence-corrected chi connectivity index (χ3v) is 9.03. The van der Waals surface area contributed by atoms with Crippen molar-refractivity contribution in [2.75, 3.05) is 17.1 Å². The molecule has 1 fully saturated rings. The van der Waals surface area contributed by atoms with E-state index in [1.54, 1.807) is 49.5 Å². The molecular formula is C30H34N6O5S. The second-order valence-corrected chi connectivity index (χ2v) is 12.0. The van der Waals surface area contributed by atoms with Crippen LogP contribution in [0.2, 0.25) is 0 Å². The second kappa shape index (κ2) is 12.2.